The molecule has 0 radical (unpaired) electrons. The fourth-order valence-corrected chi connectivity index (χ4v) is 3.44. The average Bonchev–Trinajstić information content (AvgIpc) is 2.61. The van der Waals surface area contributed by atoms with Gasteiger partial charge in [-0.05, 0) is 54.9 Å². The predicted octanol–water partition coefficient (Wildman–Crippen LogP) is 4.24. The first-order valence-electron chi connectivity index (χ1n) is 8.77. The first kappa shape index (κ1) is 16.7. The van der Waals surface area contributed by atoms with E-state index < -0.39 is 0 Å². The van der Waals surface area contributed by atoms with E-state index >= 15 is 0 Å². The van der Waals surface area contributed by atoms with E-state index in [1.165, 1.54) is 17.7 Å². The number of piperidine rings is 1. The highest BCUT2D eigenvalue weighted by Gasteiger charge is 2.22. The monoisotopic (exact) mass is 325 g/mol. The zero-order chi connectivity index (χ0) is 16.8. The molecule has 2 aromatic carbocycles. The van der Waals surface area contributed by atoms with Gasteiger partial charge in [0, 0.05) is 19.5 Å². The number of likely N-dealkylation sites (tertiary alicyclic amines) is 1. The van der Waals surface area contributed by atoms with E-state index in [-0.39, 0.29) is 11.7 Å². The topological polar surface area (TPSA) is 20.3 Å². The highest BCUT2D eigenvalue weighted by molar-refractivity contribution is 5.76. The number of halogens is 1. The maximum atomic E-state index is 13.2. The van der Waals surface area contributed by atoms with Crippen LogP contribution in [0.3, 0.4) is 0 Å². The minimum absolute atomic E-state index is 0.192. The van der Waals surface area contributed by atoms with Crippen molar-refractivity contribution in [3.05, 3.63) is 71.5 Å². The summed E-state index contributed by atoms with van der Waals surface area (Å²) in [6, 6.07) is 17.1. The maximum Gasteiger partial charge on any atom is 0.222 e. The zero-order valence-corrected chi connectivity index (χ0v) is 14.0. The largest absolute Gasteiger partial charge is 0.343 e. The number of hydrogen-bond donors (Lipinski definition) is 0. The second kappa shape index (κ2) is 8.09. The molecular formula is C21H24FNO. The van der Waals surface area contributed by atoms with Gasteiger partial charge >= 0.3 is 0 Å². The van der Waals surface area contributed by atoms with E-state index in [0.29, 0.717) is 18.8 Å². The van der Waals surface area contributed by atoms with Crippen molar-refractivity contribution in [2.24, 2.45) is 5.92 Å². The Hall–Kier alpha value is -2.16. The van der Waals surface area contributed by atoms with Gasteiger partial charge in [-0.15, -0.1) is 0 Å². The molecule has 1 heterocycles. The van der Waals surface area contributed by atoms with Gasteiger partial charge in [-0.25, -0.2) is 4.39 Å². The van der Waals surface area contributed by atoms with Gasteiger partial charge in [0.2, 0.25) is 5.91 Å². The van der Waals surface area contributed by atoms with Gasteiger partial charge in [-0.1, -0.05) is 42.5 Å². The van der Waals surface area contributed by atoms with Gasteiger partial charge in [0.1, 0.15) is 5.82 Å². The lowest BCUT2D eigenvalue weighted by Gasteiger charge is -2.32. The fourth-order valence-electron chi connectivity index (χ4n) is 3.44. The molecule has 0 atom stereocenters. The fraction of sp³-hybridized carbons (Fsp3) is 0.381. The summed E-state index contributed by atoms with van der Waals surface area (Å²) in [6.45, 7) is 1.69. The Labute approximate surface area is 143 Å². The third kappa shape index (κ3) is 4.67. The molecule has 0 saturated carbocycles. The number of hydrogen-bond acceptors (Lipinski definition) is 1. The molecular weight excluding hydrogens is 301 g/mol. The van der Waals surface area contributed by atoms with Gasteiger partial charge < -0.3 is 4.90 Å². The molecule has 1 aliphatic rings. The number of carbonyl (C=O) groups is 1. The summed E-state index contributed by atoms with van der Waals surface area (Å²) < 4.78 is 13.2. The number of rotatable bonds is 5. The summed E-state index contributed by atoms with van der Waals surface area (Å²) in [6.07, 6.45) is 4.32. The van der Waals surface area contributed by atoms with Crippen LogP contribution in [-0.4, -0.2) is 23.9 Å². The molecule has 0 spiro atoms. The van der Waals surface area contributed by atoms with Crippen LogP contribution in [-0.2, 0) is 17.6 Å². The van der Waals surface area contributed by atoms with Gasteiger partial charge in [0.15, 0.2) is 0 Å². The summed E-state index contributed by atoms with van der Waals surface area (Å²) in [7, 11) is 0. The van der Waals surface area contributed by atoms with Crippen molar-refractivity contribution in [3.63, 3.8) is 0 Å². The quantitative estimate of drug-likeness (QED) is 0.805. The Morgan fingerprint density at radius 2 is 1.71 bits per heavy atom. The summed E-state index contributed by atoms with van der Waals surface area (Å²) in [5.74, 6) is 0.624. The molecule has 0 aliphatic carbocycles. The van der Waals surface area contributed by atoms with E-state index in [0.717, 1.165) is 37.9 Å². The number of nitrogens with zero attached hydrogens (tertiary/aromatic N) is 1. The van der Waals surface area contributed by atoms with Gasteiger partial charge in [-0.2, -0.15) is 0 Å². The molecule has 1 amide bonds. The van der Waals surface area contributed by atoms with Crippen molar-refractivity contribution in [2.75, 3.05) is 13.1 Å². The Kier molecular flexibility index (Phi) is 5.63. The molecule has 2 nitrogen and oxygen atoms in total. The smallest absolute Gasteiger partial charge is 0.222 e. The van der Waals surface area contributed by atoms with Crippen LogP contribution < -0.4 is 0 Å². The lowest BCUT2D eigenvalue weighted by Crippen LogP contribution is -2.39. The second-order valence-electron chi connectivity index (χ2n) is 6.64. The first-order valence-corrected chi connectivity index (χ1v) is 8.77. The van der Waals surface area contributed by atoms with Crippen LogP contribution >= 0.6 is 0 Å². The van der Waals surface area contributed by atoms with Crippen molar-refractivity contribution in [1.82, 2.24) is 4.90 Å². The molecule has 3 heteroatoms. The van der Waals surface area contributed by atoms with E-state index in [1.807, 2.05) is 17.0 Å². The molecule has 1 saturated heterocycles. The number of aryl methyl sites for hydroxylation is 1. The number of amides is 1. The Bertz CT molecular complexity index is 663. The third-order valence-electron chi connectivity index (χ3n) is 4.85. The van der Waals surface area contributed by atoms with E-state index in [9.17, 15) is 9.18 Å². The molecule has 24 heavy (non-hydrogen) atoms. The van der Waals surface area contributed by atoms with Crippen LogP contribution in [0.15, 0.2) is 54.6 Å². The lowest BCUT2D eigenvalue weighted by molar-refractivity contribution is -0.132. The van der Waals surface area contributed by atoms with E-state index in [4.69, 9.17) is 0 Å². The van der Waals surface area contributed by atoms with Crippen LogP contribution in [0.4, 0.5) is 4.39 Å². The van der Waals surface area contributed by atoms with Crippen molar-refractivity contribution < 1.29 is 9.18 Å². The molecule has 0 unspecified atom stereocenters. The van der Waals surface area contributed by atoms with Gasteiger partial charge in [0.05, 0.1) is 0 Å². The zero-order valence-electron chi connectivity index (χ0n) is 14.0. The number of carbonyl (C=O) groups excluding carboxylic acids is 1. The minimum Gasteiger partial charge on any atom is -0.343 e. The van der Waals surface area contributed by atoms with Crippen molar-refractivity contribution in [1.29, 1.82) is 0 Å². The second-order valence-corrected chi connectivity index (χ2v) is 6.64. The van der Waals surface area contributed by atoms with Crippen LogP contribution in [0.25, 0.3) is 0 Å². The van der Waals surface area contributed by atoms with Crippen molar-refractivity contribution in [2.45, 2.75) is 32.1 Å². The lowest BCUT2D eigenvalue weighted by atomic mass is 9.90. The minimum atomic E-state index is -0.235. The third-order valence-corrected chi connectivity index (χ3v) is 4.85. The summed E-state index contributed by atoms with van der Waals surface area (Å²) in [5.41, 5.74) is 2.27. The van der Waals surface area contributed by atoms with Gasteiger partial charge in [-0.3, -0.25) is 4.79 Å². The van der Waals surface area contributed by atoms with E-state index in [1.54, 1.807) is 6.07 Å². The standard InChI is InChI=1S/C21H24FNO/c22-20-8-4-7-18(16-20)9-10-21(24)23-13-11-19(12-14-23)15-17-5-2-1-3-6-17/h1-8,16,19H,9-15H2. The Morgan fingerprint density at radius 3 is 2.42 bits per heavy atom. The first-order chi connectivity index (χ1) is 11.7. The number of benzene rings is 2. The van der Waals surface area contributed by atoms with Crippen molar-refractivity contribution >= 4 is 5.91 Å². The maximum absolute atomic E-state index is 13.2. The molecule has 126 valence electrons. The molecule has 1 fully saturated rings. The highest BCUT2D eigenvalue weighted by atomic mass is 19.1. The summed E-state index contributed by atoms with van der Waals surface area (Å²) in [4.78, 5) is 14.3. The van der Waals surface area contributed by atoms with Gasteiger partial charge in [0.25, 0.3) is 0 Å². The Balaban J connectivity index is 1.43. The highest BCUT2D eigenvalue weighted by Crippen LogP contribution is 2.22. The SMILES string of the molecule is O=C(CCc1cccc(F)c1)N1CCC(Cc2ccccc2)CC1. The molecule has 3 rings (SSSR count). The predicted molar refractivity (Wildman–Crippen MR) is 94.2 cm³/mol. The van der Waals surface area contributed by atoms with Crippen LogP contribution in [0, 0.1) is 11.7 Å². The van der Waals surface area contributed by atoms with E-state index in [2.05, 4.69) is 24.3 Å². The van der Waals surface area contributed by atoms with Crippen LogP contribution in [0.1, 0.15) is 30.4 Å². The molecule has 1 aliphatic heterocycles. The summed E-state index contributed by atoms with van der Waals surface area (Å²) >= 11 is 0. The van der Waals surface area contributed by atoms with Crippen molar-refractivity contribution in [3.8, 4) is 0 Å². The average molecular weight is 325 g/mol. The molecule has 0 N–H and O–H groups in total. The van der Waals surface area contributed by atoms with Crippen LogP contribution in [0.2, 0.25) is 0 Å². The molecule has 0 bridgehead atoms. The van der Waals surface area contributed by atoms with Crippen LogP contribution in [0.5, 0.6) is 0 Å². The summed E-state index contributed by atoms with van der Waals surface area (Å²) in [5, 5.41) is 0. The Morgan fingerprint density at radius 1 is 1.00 bits per heavy atom. The molecule has 2 aromatic rings. The normalized spacial score (nSPS) is 15.5. The molecule has 0 aromatic heterocycles.